The number of hydrogen-bond donors (Lipinski definition) is 3. The summed E-state index contributed by atoms with van der Waals surface area (Å²) in [5.74, 6) is -2.87. The first kappa shape index (κ1) is 22.0. The molecule has 0 saturated heterocycles. The van der Waals surface area contributed by atoms with Crippen molar-refractivity contribution >= 4 is 40.3 Å². The molecule has 0 aliphatic rings. The van der Waals surface area contributed by atoms with Crippen LogP contribution in [-0.4, -0.2) is 38.4 Å². The second kappa shape index (κ2) is 8.00. The van der Waals surface area contributed by atoms with Crippen molar-refractivity contribution in [2.24, 2.45) is 0 Å². The van der Waals surface area contributed by atoms with E-state index in [9.17, 15) is 32.4 Å². The third kappa shape index (κ3) is 4.58. The zero-order valence-electron chi connectivity index (χ0n) is 14.1. The summed E-state index contributed by atoms with van der Waals surface area (Å²) in [6, 6.07) is 8.83. The largest absolute Gasteiger partial charge is 0.606 e. The van der Waals surface area contributed by atoms with E-state index < -0.39 is 34.8 Å². The standard InChI is InChI=1S/C17H13ClF3NO5S/c1-16(26,17(19,20)21)15(25)22-13-7-6-11(8-12(13)18)28(27)10-4-2-9(3-5-10)14(23)24/h2-8,26H,1H3,(H,22,25)(H,23,24)/t16-,28?/m1/s1. The fraction of sp³-hybridized carbons (Fsp3) is 0.176. The maximum Gasteiger partial charge on any atom is 0.426 e. The average molecular weight is 436 g/mol. The number of nitrogens with one attached hydrogen (secondary N) is 1. The highest BCUT2D eigenvalue weighted by molar-refractivity contribution is 7.91. The number of amides is 1. The van der Waals surface area contributed by atoms with Gasteiger partial charge in [0.2, 0.25) is 5.60 Å². The van der Waals surface area contributed by atoms with Crippen molar-refractivity contribution in [1.29, 1.82) is 0 Å². The van der Waals surface area contributed by atoms with Gasteiger partial charge in [0.15, 0.2) is 9.79 Å². The Bertz CT molecular complexity index is 903. The van der Waals surface area contributed by atoms with Crippen LogP contribution in [0.3, 0.4) is 0 Å². The number of rotatable bonds is 5. The van der Waals surface area contributed by atoms with Crippen molar-refractivity contribution in [1.82, 2.24) is 0 Å². The van der Waals surface area contributed by atoms with Gasteiger partial charge in [-0.2, -0.15) is 13.2 Å². The molecule has 2 aromatic rings. The molecule has 3 N–H and O–H groups in total. The summed E-state index contributed by atoms with van der Waals surface area (Å²) in [7, 11) is 0. The van der Waals surface area contributed by atoms with Gasteiger partial charge in [0.1, 0.15) is 0 Å². The van der Waals surface area contributed by atoms with E-state index in [1.807, 2.05) is 5.32 Å². The first-order valence-corrected chi connectivity index (χ1v) is 9.02. The zero-order valence-corrected chi connectivity index (χ0v) is 15.7. The lowest BCUT2D eigenvalue weighted by molar-refractivity contribution is -0.242. The maximum atomic E-state index is 12.7. The van der Waals surface area contributed by atoms with Crippen LogP contribution in [-0.2, 0) is 16.0 Å². The summed E-state index contributed by atoms with van der Waals surface area (Å²) in [6.07, 6.45) is -5.19. The topological polar surface area (TPSA) is 110 Å². The van der Waals surface area contributed by atoms with E-state index in [4.69, 9.17) is 16.7 Å². The second-order valence-corrected chi connectivity index (χ2v) is 7.65. The van der Waals surface area contributed by atoms with Crippen molar-refractivity contribution in [2.75, 3.05) is 5.32 Å². The lowest BCUT2D eigenvalue weighted by Gasteiger charge is -2.25. The van der Waals surface area contributed by atoms with Crippen molar-refractivity contribution in [2.45, 2.75) is 28.5 Å². The minimum atomic E-state index is -5.19. The van der Waals surface area contributed by atoms with Crippen molar-refractivity contribution in [3.05, 3.63) is 53.1 Å². The molecule has 0 aliphatic heterocycles. The van der Waals surface area contributed by atoms with Gasteiger partial charge >= 0.3 is 12.1 Å². The van der Waals surface area contributed by atoms with Gasteiger partial charge in [0, 0.05) is 17.2 Å². The predicted molar refractivity (Wildman–Crippen MR) is 94.8 cm³/mol. The minimum Gasteiger partial charge on any atom is -0.606 e. The van der Waals surface area contributed by atoms with Crippen LogP contribution >= 0.6 is 11.6 Å². The third-order valence-corrected chi connectivity index (χ3v) is 5.41. The molecule has 0 aromatic heterocycles. The van der Waals surface area contributed by atoms with Gasteiger partial charge in [-0.05, 0) is 43.3 Å². The number of aromatic carboxylic acids is 1. The number of benzene rings is 2. The van der Waals surface area contributed by atoms with E-state index in [0.29, 0.717) is 6.92 Å². The molecule has 1 amide bonds. The molecule has 11 heteroatoms. The van der Waals surface area contributed by atoms with Gasteiger partial charge in [0.25, 0.3) is 5.91 Å². The van der Waals surface area contributed by atoms with Gasteiger partial charge in [-0.15, -0.1) is 0 Å². The number of carboxylic acids is 1. The smallest absolute Gasteiger partial charge is 0.426 e. The van der Waals surface area contributed by atoms with Crippen LogP contribution in [0.2, 0.25) is 5.02 Å². The van der Waals surface area contributed by atoms with E-state index in [0.717, 1.165) is 6.07 Å². The van der Waals surface area contributed by atoms with Crippen molar-refractivity contribution < 1.29 is 37.5 Å². The molecule has 150 valence electrons. The molecule has 2 aromatic carbocycles. The fourth-order valence-corrected chi connectivity index (χ4v) is 3.31. The fourth-order valence-electron chi connectivity index (χ4n) is 1.94. The van der Waals surface area contributed by atoms with Crippen LogP contribution in [0.5, 0.6) is 0 Å². The molecule has 2 rings (SSSR count). The molecule has 1 unspecified atom stereocenters. The van der Waals surface area contributed by atoms with Crippen LogP contribution in [0.1, 0.15) is 17.3 Å². The predicted octanol–water partition coefficient (Wildman–Crippen LogP) is 3.46. The molecule has 6 nitrogen and oxygen atoms in total. The first-order chi connectivity index (χ1) is 12.8. The van der Waals surface area contributed by atoms with Gasteiger partial charge in [-0.1, -0.05) is 11.6 Å². The Morgan fingerprint density at radius 1 is 1.11 bits per heavy atom. The number of carboxylic acid groups (broad SMARTS) is 1. The highest BCUT2D eigenvalue weighted by Gasteiger charge is 2.55. The zero-order chi connectivity index (χ0) is 21.3. The number of aliphatic hydroxyl groups is 1. The minimum absolute atomic E-state index is 0.00793. The Morgan fingerprint density at radius 3 is 2.11 bits per heavy atom. The Kier molecular flexibility index (Phi) is 6.29. The highest BCUT2D eigenvalue weighted by atomic mass is 35.5. The molecule has 0 spiro atoms. The summed E-state index contributed by atoms with van der Waals surface area (Å²) in [5, 5.41) is 19.9. The van der Waals surface area contributed by atoms with Gasteiger partial charge in [-0.3, -0.25) is 4.79 Å². The third-order valence-electron chi connectivity index (χ3n) is 3.71. The van der Waals surface area contributed by atoms with Gasteiger partial charge in [-0.25, -0.2) is 4.79 Å². The summed E-state index contributed by atoms with van der Waals surface area (Å²) in [6.45, 7) is 0.306. The van der Waals surface area contributed by atoms with E-state index in [1.165, 1.54) is 36.4 Å². The summed E-state index contributed by atoms with van der Waals surface area (Å²) >= 11 is 4.20. The lowest BCUT2D eigenvalue weighted by Crippen LogP contribution is -2.52. The van der Waals surface area contributed by atoms with Crippen molar-refractivity contribution in [3.8, 4) is 0 Å². The van der Waals surface area contributed by atoms with E-state index in [1.54, 1.807) is 0 Å². The van der Waals surface area contributed by atoms with E-state index in [2.05, 4.69) is 0 Å². The van der Waals surface area contributed by atoms with Crippen LogP contribution in [0.15, 0.2) is 52.3 Å². The SMILES string of the molecule is C[C@@](O)(C(=O)Nc1ccc([S+]([O-])c2ccc(C(=O)O)cc2)cc1Cl)C(F)(F)F. The van der Waals surface area contributed by atoms with Crippen LogP contribution < -0.4 is 5.32 Å². The molecule has 0 heterocycles. The Labute approximate surface area is 165 Å². The van der Waals surface area contributed by atoms with Crippen LogP contribution in [0, 0.1) is 0 Å². The maximum absolute atomic E-state index is 12.7. The highest BCUT2D eigenvalue weighted by Crippen LogP contribution is 2.33. The normalized spacial score (nSPS) is 14.8. The number of carbonyl (C=O) groups is 2. The number of halogens is 4. The second-order valence-electron chi connectivity index (χ2n) is 5.76. The van der Waals surface area contributed by atoms with E-state index >= 15 is 0 Å². The monoisotopic (exact) mass is 435 g/mol. The molecule has 2 atom stereocenters. The molecule has 0 radical (unpaired) electrons. The Morgan fingerprint density at radius 2 is 1.64 bits per heavy atom. The molecule has 0 saturated carbocycles. The molecule has 0 fully saturated rings. The summed E-state index contributed by atoms with van der Waals surface area (Å²) < 4.78 is 50.6. The number of hydrogen-bond acceptors (Lipinski definition) is 4. The van der Waals surface area contributed by atoms with Crippen molar-refractivity contribution in [3.63, 3.8) is 0 Å². The number of carbonyl (C=O) groups excluding carboxylic acids is 1. The van der Waals surface area contributed by atoms with Crippen LogP contribution in [0.25, 0.3) is 0 Å². The quantitative estimate of drug-likeness (QED) is 0.623. The number of anilines is 1. The first-order valence-electron chi connectivity index (χ1n) is 7.50. The molecule has 28 heavy (non-hydrogen) atoms. The Balaban J connectivity index is 2.22. The summed E-state index contributed by atoms with van der Waals surface area (Å²) in [4.78, 5) is 23.0. The van der Waals surface area contributed by atoms with Crippen LogP contribution in [0.4, 0.5) is 18.9 Å². The summed E-state index contributed by atoms with van der Waals surface area (Å²) in [5.41, 5.74) is -3.82. The van der Waals surface area contributed by atoms with E-state index in [-0.39, 0.29) is 26.1 Å². The molecule has 0 bridgehead atoms. The number of alkyl halides is 3. The Hall–Kier alpha value is -2.27. The molecular weight excluding hydrogens is 423 g/mol. The molecule has 0 aliphatic carbocycles. The van der Waals surface area contributed by atoms with Gasteiger partial charge in [0.05, 0.1) is 16.3 Å². The lowest BCUT2D eigenvalue weighted by atomic mass is 10.1. The molecular formula is C17H13ClF3NO5S. The van der Waals surface area contributed by atoms with Gasteiger partial charge < -0.3 is 20.1 Å². The average Bonchev–Trinajstić information content (AvgIpc) is 2.61.